The lowest BCUT2D eigenvalue weighted by atomic mass is 9.87. The van der Waals surface area contributed by atoms with E-state index in [4.69, 9.17) is 0 Å². The molecule has 1 heterocycles. The minimum Gasteiger partial charge on any atom is -0.493 e. The molecule has 0 saturated heterocycles. The van der Waals surface area contributed by atoms with E-state index < -0.39 is 0 Å². The van der Waals surface area contributed by atoms with E-state index in [2.05, 4.69) is 79.7 Å². The Morgan fingerprint density at radius 3 is 1.06 bits per heavy atom. The first-order valence-corrected chi connectivity index (χ1v) is 20.1. The Balaban J connectivity index is 2.24. The second-order valence-corrected chi connectivity index (χ2v) is 14.4. The first kappa shape index (κ1) is 39.0. The Bertz CT molecular complexity index is 1300. The highest BCUT2D eigenvalue weighted by molar-refractivity contribution is 5.82. The third kappa shape index (κ3) is 10.3. The zero-order valence-electron chi connectivity index (χ0n) is 32.1. The minimum atomic E-state index is 1.00. The first-order chi connectivity index (χ1) is 22.9. The van der Waals surface area contributed by atoms with Gasteiger partial charge >= 0.3 is 0 Å². The molecule has 2 heteroatoms. The molecule has 3 rings (SSSR count). The SMILES string of the molecule is CCCCC1=C(c2cc(CCCC)c(CCCC)c(CCCC)c2)[N+](=[N-])C(c2cc(CCCC)c(CCCC)c(CCCC)c2)=C1C. The molecule has 0 atom stereocenters. The van der Waals surface area contributed by atoms with Gasteiger partial charge in [-0.2, -0.15) is 0 Å². The quantitative estimate of drug-likeness (QED) is 0.108. The fourth-order valence-electron chi connectivity index (χ4n) is 7.59. The van der Waals surface area contributed by atoms with Crippen molar-refractivity contribution in [2.45, 2.75) is 190 Å². The number of unbranched alkanes of at least 4 members (excludes halogenated alkanes) is 7. The summed E-state index contributed by atoms with van der Waals surface area (Å²) in [4.78, 5) is 0. The van der Waals surface area contributed by atoms with Gasteiger partial charge in [-0.05, 0) is 154 Å². The van der Waals surface area contributed by atoms with E-state index >= 15 is 0 Å². The third-order valence-electron chi connectivity index (χ3n) is 10.5. The van der Waals surface area contributed by atoms with Crippen LogP contribution in [-0.2, 0) is 38.5 Å². The first-order valence-electron chi connectivity index (χ1n) is 20.1. The zero-order chi connectivity index (χ0) is 34.2. The van der Waals surface area contributed by atoms with Crippen molar-refractivity contribution in [3.8, 4) is 0 Å². The molecule has 1 aliphatic rings. The van der Waals surface area contributed by atoms with Crippen molar-refractivity contribution >= 4 is 11.4 Å². The van der Waals surface area contributed by atoms with Gasteiger partial charge in [-0.3, -0.25) is 0 Å². The van der Waals surface area contributed by atoms with Crippen LogP contribution in [0.3, 0.4) is 0 Å². The van der Waals surface area contributed by atoms with Crippen molar-refractivity contribution in [1.29, 1.82) is 0 Å². The van der Waals surface area contributed by atoms with E-state index in [0.29, 0.717) is 0 Å². The van der Waals surface area contributed by atoms with Crippen molar-refractivity contribution < 1.29 is 4.70 Å². The lowest BCUT2D eigenvalue weighted by molar-refractivity contribution is -0.345. The van der Waals surface area contributed by atoms with Crippen LogP contribution in [0.15, 0.2) is 35.4 Å². The van der Waals surface area contributed by atoms with Gasteiger partial charge < -0.3 is 5.53 Å². The molecule has 0 N–H and O–H groups in total. The maximum absolute atomic E-state index is 12.4. The summed E-state index contributed by atoms with van der Waals surface area (Å²) in [7, 11) is 0. The third-order valence-corrected chi connectivity index (χ3v) is 10.5. The van der Waals surface area contributed by atoms with Gasteiger partial charge in [0.15, 0.2) is 0 Å². The lowest BCUT2D eigenvalue weighted by Crippen LogP contribution is -2.09. The van der Waals surface area contributed by atoms with E-state index in [9.17, 15) is 5.53 Å². The van der Waals surface area contributed by atoms with Gasteiger partial charge in [-0.1, -0.05) is 93.4 Å². The zero-order valence-corrected chi connectivity index (χ0v) is 32.1. The highest BCUT2D eigenvalue weighted by atomic mass is 15.2. The molecule has 0 amide bonds. The van der Waals surface area contributed by atoms with Crippen LogP contribution in [0.4, 0.5) is 0 Å². The number of hydrogen-bond donors (Lipinski definition) is 0. The van der Waals surface area contributed by atoms with Crippen LogP contribution in [0.2, 0.25) is 0 Å². The summed E-state index contributed by atoms with van der Waals surface area (Å²) >= 11 is 0. The number of benzene rings is 2. The minimum absolute atomic E-state index is 1.00. The lowest BCUT2D eigenvalue weighted by Gasteiger charge is -2.20. The molecule has 0 spiro atoms. The van der Waals surface area contributed by atoms with E-state index in [0.717, 1.165) is 56.3 Å². The number of allylic oxidation sites excluding steroid dienone is 2. The van der Waals surface area contributed by atoms with Crippen LogP contribution < -0.4 is 0 Å². The molecule has 2 aromatic carbocycles. The molecule has 2 nitrogen and oxygen atoms in total. The van der Waals surface area contributed by atoms with Crippen LogP contribution in [0.25, 0.3) is 16.9 Å². The smallest absolute Gasteiger partial charge is 0.211 e. The second-order valence-electron chi connectivity index (χ2n) is 14.4. The van der Waals surface area contributed by atoms with Crippen LogP contribution in [-0.4, -0.2) is 4.70 Å². The summed E-state index contributed by atoms with van der Waals surface area (Å²) in [6.45, 7) is 18.4. The van der Waals surface area contributed by atoms with Gasteiger partial charge in [0.25, 0.3) is 0 Å². The molecule has 2 aromatic rings. The molecule has 0 aromatic heterocycles. The number of aryl methyl sites for hydroxylation is 4. The molecule has 47 heavy (non-hydrogen) atoms. The Labute approximate surface area is 291 Å². The summed E-state index contributed by atoms with van der Waals surface area (Å²) in [5.74, 6) is 0. The summed E-state index contributed by atoms with van der Waals surface area (Å²) in [5.41, 5.74) is 28.8. The summed E-state index contributed by atoms with van der Waals surface area (Å²) in [6, 6.07) is 9.88. The van der Waals surface area contributed by atoms with E-state index in [1.807, 2.05) is 0 Å². The van der Waals surface area contributed by atoms with E-state index in [1.165, 1.54) is 134 Å². The molecule has 0 fully saturated rings. The van der Waals surface area contributed by atoms with Gasteiger partial charge in [-0.25, -0.2) is 4.70 Å². The highest BCUT2D eigenvalue weighted by Gasteiger charge is 2.34. The Kier molecular flexibility index (Phi) is 17.2. The summed E-state index contributed by atoms with van der Waals surface area (Å²) in [6.07, 6.45) is 24.8. The number of rotatable bonds is 23. The predicted molar refractivity (Wildman–Crippen MR) is 207 cm³/mol. The van der Waals surface area contributed by atoms with Crippen LogP contribution >= 0.6 is 0 Å². The molecule has 0 aliphatic carbocycles. The predicted octanol–water partition coefficient (Wildman–Crippen LogP) is 14.1. The van der Waals surface area contributed by atoms with Crippen molar-refractivity contribution in [2.24, 2.45) is 0 Å². The molecular formula is C45H70N2. The normalized spacial score (nSPS) is 13.5. The van der Waals surface area contributed by atoms with Crippen molar-refractivity contribution in [2.75, 3.05) is 0 Å². The molecule has 0 unspecified atom stereocenters. The van der Waals surface area contributed by atoms with Gasteiger partial charge in [0.05, 0.1) is 0 Å². The molecule has 0 saturated carbocycles. The van der Waals surface area contributed by atoms with Crippen molar-refractivity contribution in [1.82, 2.24) is 0 Å². The molecule has 0 bridgehead atoms. The van der Waals surface area contributed by atoms with E-state index in [-0.39, 0.29) is 0 Å². The maximum atomic E-state index is 12.4. The van der Waals surface area contributed by atoms with Gasteiger partial charge in [0.1, 0.15) is 0 Å². The molecule has 1 aliphatic heterocycles. The maximum Gasteiger partial charge on any atom is 0.211 e. The average molecular weight is 639 g/mol. The van der Waals surface area contributed by atoms with Crippen molar-refractivity contribution in [3.63, 3.8) is 0 Å². The van der Waals surface area contributed by atoms with Gasteiger partial charge in [-0.15, -0.1) is 0 Å². The standard InChI is InChI=1S/C45H70N2/c1-9-16-23-35-30-39(31-36(24-17-10-2)42(35)28-21-14-6)44-34(8)41(27-20-13-5)45(47(44)46)40-32-37(25-18-11-3)43(29-22-15-7)38(33-40)26-19-12-4/h30-33H,9-29H2,1-8H3. The molecule has 260 valence electrons. The Hall–Kier alpha value is -2.48. The number of hydrogen-bond acceptors (Lipinski definition) is 0. The average Bonchev–Trinajstić information content (AvgIpc) is 3.33. The fraction of sp³-hybridized carbons (Fsp3) is 0.644. The molecule has 0 radical (unpaired) electrons. The van der Waals surface area contributed by atoms with Crippen molar-refractivity contribution in [3.05, 3.63) is 85.5 Å². The second kappa shape index (κ2) is 20.8. The molecular weight excluding hydrogens is 569 g/mol. The topological polar surface area (TPSA) is 25.3 Å². The van der Waals surface area contributed by atoms with Gasteiger partial charge in [0.2, 0.25) is 11.4 Å². The Morgan fingerprint density at radius 1 is 0.426 bits per heavy atom. The highest BCUT2D eigenvalue weighted by Crippen LogP contribution is 2.44. The fourth-order valence-corrected chi connectivity index (χ4v) is 7.59. The van der Waals surface area contributed by atoms with Gasteiger partial charge in [0, 0.05) is 22.3 Å². The van der Waals surface area contributed by atoms with Crippen LogP contribution in [0.5, 0.6) is 0 Å². The van der Waals surface area contributed by atoms with E-state index in [1.54, 1.807) is 15.8 Å². The summed E-state index contributed by atoms with van der Waals surface area (Å²) in [5, 5.41) is 0. The Morgan fingerprint density at radius 2 is 0.723 bits per heavy atom. The van der Waals surface area contributed by atoms with Crippen LogP contribution in [0, 0.1) is 0 Å². The monoisotopic (exact) mass is 639 g/mol. The van der Waals surface area contributed by atoms with Crippen LogP contribution in [0.1, 0.15) is 196 Å². The summed E-state index contributed by atoms with van der Waals surface area (Å²) < 4.78 is 1.63. The number of nitrogens with zero attached hydrogens (tertiary/aromatic N) is 2. The largest absolute Gasteiger partial charge is 0.493 e.